The molecule has 90 valence electrons. The molecule has 0 N–H and O–H groups in total. The van der Waals surface area contributed by atoms with Gasteiger partial charge in [-0.2, -0.15) is 0 Å². The molecule has 2 heterocycles. The number of ether oxygens (including phenoxy) is 2. The second kappa shape index (κ2) is 2.92. The number of hydrogen-bond donors (Lipinski definition) is 0. The Morgan fingerprint density at radius 3 is 2.69 bits per heavy atom. The van der Waals surface area contributed by atoms with Crippen LogP contribution in [-0.2, 0) is 9.47 Å². The van der Waals surface area contributed by atoms with Gasteiger partial charge in [0, 0.05) is 12.0 Å². The lowest BCUT2D eigenvalue weighted by Crippen LogP contribution is -2.55. The summed E-state index contributed by atoms with van der Waals surface area (Å²) >= 11 is 0. The fourth-order valence-corrected chi connectivity index (χ4v) is 2.85. The van der Waals surface area contributed by atoms with Crippen LogP contribution in [0.4, 0.5) is 4.79 Å². The van der Waals surface area contributed by atoms with Gasteiger partial charge < -0.3 is 14.4 Å². The van der Waals surface area contributed by atoms with E-state index < -0.39 is 5.60 Å². The summed E-state index contributed by atoms with van der Waals surface area (Å²) in [4.78, 5) is 13.6. The number of hydrogen-bond acceptors (Lipinski definition) is 3. The molecule has 0 aromatic heterocycles. The fourth-order valence-electron chi connectivity index (χ4n) is 2.85. The summed E-state index contributed by atoms with van der Waals surface area (Å²) in [5, 5.41) is 0. The van der Waals surface area contributed by atoms with Gasteiger partial charge in [-0.05, 0) is 33.6 Å². The largest absolute Gasteiger partial charge is 0.444 e. The highest BCUT2D eigenvalue weighted by molar-refractivity contribution is 5.68. The van der Waals surface area contributed by atoms with Gasteiger partial charge in [0.2, 0.25) is 0 Å². The minimum Gasteiger partial charge on any atom is -0.444 e. The van der Waals surface area contributed by atoms with Gasteiger partial charge in [-0.1, -0.05) is 0 Å². The lowest BCUT2D eigenvalue weighted by molar-refractivity contribution is -0.150. The molecular weight excluding hydrogens is 206 g/mol. The molecule has 1 spiro atoms. The third-order valence-corrected chi connectivity index (χ3v) is 3.90. The van der Waals surface area contributed by atoms with Crippen molar-refractivity contribution in [2.45, 2.75) is 51.4 Å². The quantitative estimate of drug-likeness (QED) is 0.631. The van der Waals surface area contributed by atoms with E-state index in [1.165, 1.54) is 6.42 Å². The molecular formula is C12H19NO3. The monoisotopic (exact) mass is 225 g/mol. The summed E-state index contributed by atoms with van der Waals surface area (Å²) in [6.07, 6.45) is 2.88. The number of carbonyl (C=O) groups excluding carboxylic acids is 1. The first-order valence-electron chi connectivity index (χ1n) is 6.04. The van der Waals surface area contributed by atoms with Crippen LogP contribution >= 0.6 is 0 Å². The first-order chi connectivity index (χ1) is 7.41. The molecule has 2 saturated heterocycles. The molecule has 4 heteroatoms. The molecule has 3 unspecified atom stereocenters. The zero-order valence-electron chi connectivity index (χ0n) is 10.2. The van der Waals surface area contributed by atoms with Gasteiger partial charge in [-0.15, -0.1) is 0 Å². The first kappa shape index (κ1) is 10.4. The third kappa shape index (κ3) is 1.43. The Labute approximate surface area is 95.9 Å². The van der Waals surface area contributed by atoms with Crippen LogP contribution in [0, 0.1) is 5.41 Å². The van der Waals surface area contributed by atoms with Gasteiger partial charge >= 0.3 is 6.09 Å². The Kier molecular flexibility index (Phi) is 1.89. The predicted octanol–water partition coefficient (Wildman–Crippen LogP) is 1.78. The molecule has 3 fully saturated rings. The maximum Gasteiger partial charge on any atom is 0.410 e. The molecule has 2 aliphatic heterocycles. The summed E-state index contributed by atoms with van der Waals surface area (Å²) < 4.78 is 11.0. The van der Waals surface area contributed by atoms with Crippen molar-refractivity contribution in [2.24, 2.45) is 5.41 Å². The van der Waals surface area contributed by atoms with Crippen LogP contribution in [0.15, 0.2) is 0 Å². The molecule has 0 aromatic carbocycles. The average molecular weight is 225 g/mol. The fraction of sp³-hybridized carbons (Fsp3) is 0.917. The Morgan fingerprint density at radius 2 is 2.19 bits per heavy atom. The lowest BCUT2D eigenvalue weighted by Gasteiger charge is -2.45. The van der Waals surface area contributed by atoms with Crippen LogP contribution in [0.2, 0.25) is 0 Å². The second-order valence-electron chi connectivity index (χ2n) is 6.23. The van der Waals surface area contributed by atoms with Crippen LogP contribution in [-0.4, -0.2) is 41.9 Å². The Morgan fingerprint density at radius 1 is 1.44 bits per heavy atom. The molecule has 0 aromatic rings. The summed E-state index contributed by atoms with van der Waals surface area (Å²) in [6, 6.07) is 0. The standard InChI is InChI=1S/C12H19NO3/c1-11(2,3)16-10(14)13-5-4-12-6-8(12)15-9(12)7-13/h8-9H,4-7H2,1-3H3. The van der Waals surface area contributed by atoms with Crippen molar-refractivity contribution in [3.8, 4) is 0 Å². The van der Waals surface area contributed by atoms with Gasteiger partial charge in [0.15, 0.2) is 0 Å². The highest BCUT2D eigenvalue weighted by Crippen LogP contribution is 2.65. The van der Waals surface area contributed by atoms with E-state index in [0.29, 0.717) is 18.1 Å². The summed E-state index contributed by atoms with van der Waals surface area (Å²) in [5.74, 6) is 0. The van der Waals surface area contributed by atoms with Gasteiger partial charge in [0.25, 0.3) is 0 Å². The van der Waals surface area contributed by atoms with E-state index >= 15 is 0 Å². The van der Waals surface area contributed by atoms with Crippen molar-refractivity contribution >= 4 is 6.09 Å². The predicted molar refractivity (Wildman–Crippen MR) is 58.1 cm³/mol. The molecule has 1 amide bonds. The van der Waals surface area contributed by atoms with Crippen molar-refractivity contribution in [1.29, 1.82) is 0 Å². The van der Waals surface area contributed by atoms with Gasteiger partial charge in [0.1, 0.15) is 5.60 Å². The highest BCUT2D eigenvalue weighted by Gasteiger charge is 2.71. The van der Waals surface area contributed by atoms with Crippen molar-refractivity contribution in [3.05, 3.63) is 0 Å². The molecule has 4 nitrogen and oxygen atoms in total. The molecule has 1 aliphatic carbocycles. The van der Waals surface area contributed by atoms with E-state index in [1.807, 2.05) is 20.8 Å². The van der Waals surface area contributed by atoms with Crippen LogP contribution in [0.1, 0.15) is 33.6 Å². The van der Waals surface area contributed by atoms with Crippen LogP contribution < -0.4 is 0 Å². The molecule has 16 heavy (non-hydrogen) atoms. The van der Waals surface area contributed by atoms with Crippen LogP contribution in [0.25, 0.3) is 0 Å². The topological polar surface area (TPSA) is 38.8 Å². The van der Waals surface area contributed by atoms with Crippen molar-refractivity contribution in [1.82, 2.24) is 4.90 Å². The number of piperidine rings is 1. The third-order valence-electron chi connectivity index (χ3n) is 3.90. The Balaban J connectivity index is 1.58. The van der Waals surface area contributed by atoms with Crippen molar-refractivity contribution in [3.63, 3.8) is 0 Å². The molecule has 3 aliphatic rings. The average Bonchev–Trinajstić information content (AvgIpc) is 2.70. The maximum absolute atomic E-state index is 11.9. The summed E-state index contributed by atoms with van der Waals surface area (Å²) in [7, 11) is 0. The zero-order chi connectivity index (χ0) is 11.6. The van der Waals surface area contributed by atoms with Gasteiger partial charge in [-0.3, -0.25) is 0 Å². The first-order valence-corrected chi connectivity index (χ1v) is 6.04. The van der Waals surface area contributed by atoms with E-state index in [1.54, 1.807) is 4.90 Å². The smallest absolute Gasteiger partial charge is 0.410 e. The van der Waals surface area contributed by atoms with Crippen molar-refractivity contribution < 1.29 is 14.3 Å². The van der Waals surface area contributed by atoms with Gasteiger partial charge in [0.05, 0.1) is 18.8 Å². The number of amides is 1. The summed E-state index contributed by atoms with van der Waals surface area (Å²) in [6.45, 7) is 7.23. The van der Waals surface area contributed by atoms with Gasteiger partial charge in [-0.25, -0.2) is 4.79 Å². The lowest BCUT2D eigenvalue weighted by atomic mass is 9.87. The number of rotatable bonds is 0. The van der Waals surface area contributed by atoms with E-state index in [0.717, 1.165) is 13.0 Å². The number of nitrogens with zero attached hydrogens (tertiary/aromatic N) is 1. The Bertz CT molecular complexity index is 336. The number of carbonyl (C=O) groups is 1. The van der Waals surface area contributed by atoms with E-state index in [9.17, 15) is 4.79 Å². The van der Waals surface area contributed by atoms with Crippen LogP contribution in [0.3, 0.4) is 0 Å². The highest BCUT2D eigenvalue weighted by atomic mass is 16.6. The van der Waals surface area contributed by atoms with Crippen LogP contribution in [0.5, 0.6) is 0 Å². The second-order valence-corrected chi connectivity index (χ2v) is 6.23. The Hall–Kier alpha value is -0.770. The zero-order valence-corrected chi connectivity index (χ0v) is 10.2. The molecule has 3 rings (SSSR count). The minimum atomic E-state index is -0.408. The van der Waals surface area contributed by atoms with E-state index in [4.69, 9.17) is 9.47 Å². The van der Waals surface area contributed by atoms with Crippen molar-refractivity contribution in [2.75, 3.05) is 13.1 Å². The van der Waals surface area contributed by atoms with E-state index in [-0.39, 0.29) is 12.2 Å². The molecule has 1 saturated carbocycles. The minimum absolute atomic E-state index is 0.199. The molecule has 0 radical (unpaired) electrons. The SMILES string of the molecule is CC(C)(C)OC(=O)N1CCC23CC2OC3C1. The molecule has 3 atom stereocenters. The molecule has 0 bridgehead atoms. The summed E-state index contributed by atoms with van der Waals surface area (Å²) in [5.41, 5.74) is 0.0489. The van der Waals surface area contributed by atoms with E-state index in [2.05, 4.69) is 0 Å². The number of likely N-dealkylation sites (tertiary alicyclic amines) is 1. The normalized spacial score (nSPS) is 40.6. The maximum atomic E-state index is 11.9.